The summed E-state index contributed by atoms with van der Waals surface area (Å²) in [6.07, 6.45) is -0.787. The third-order valence-corrected chi connectivity index (χ3v) is 4.54. The molecule has 0 aliphatic carbocycles. The second-order valence-corrected chi connectivity index (χ2v) is 7.05. The summed E-state index contributed by atoms with van der Waals surface area (Å²) in [4.78, 5) is 1.98. The van der Waals surface area contributed by atoms with E-state index in [2.05, 4.69) is 0 Å². The Morgan fingerprint density at radius 2 is 1.85 bits per heavy atom. The predicted octanol–water partition coefficient (Wildman–Crippen LogP) is 3.50. The van der Waals surface area contributed by atoms with E-state index >= 15 is 0 Å². The Hall–Kier alpha value is -1.66. The van der Waals surface area contributed by atoms with Gasteiger partial charge in [0.25, 0.3) is 0 Å². The lowest BCUT2D eigenvalue weighted by Gasteiger charge is -2.30. The maximum absolute atomic E-state index is 10.2. The van der Waals surface area contributed by atoms with Crippen molar-refractivity contribution in [1.29, 1.82) is 0 Å². The van der Waals surface area contributed by atoms with Crippen LogP contribution in [0.5, 0.6) is 17.2 Å². The minimum Gasteiger partial charge on any atom is -0.488 e. The van der Waals surface area contributed by atoms with Crippen molar-refractivity contribution in [2.75, 3.05) is 33.4 Å². The van der Waals surface area contributed by atoms with Gasteiger partial charge in [-0.3, -0.25) is 4.90 Å². The van der Waals surface area contributed by atoms with Crippen molar-refractivity contribution in [3.63, 3.8) is 0 Å². The van der Waals surface area contributed by atoms with Crippen molar-refractivity contribution < 1.29 is 19.3 Å². The first-order valence-electron chi connectivity index (χ1n) is 8.35. The molecule has 0 spiro atoms. The SMILES string of the molecule is CN(CC(O)COc1c(Cl)cccc1Cl)CC1COc2ccccc2O1. The van der Waals surface area contributed by atoms with Gasteiger partial charge in [0, 0.05) is 13.1 Å². The van der Waals surface area contributed by atoms with Crippen molar-refractivity contribution in [3.05, 3.63) is 52.5 Å². The maximum atomic E-state index is 10.2. The Labute approximate surface area is 163 Å². The van der Waals surface area contributed by atoms with Gasteiger partial charge >= 0.3 is 0 Å². The summed E-state index contributed by atoms with van der Waals surface area (Å²) in [5, 5.41) is 11.1. The summed E-state index contributed by atoms with van der Waals surface area (Å²) in [6.45, 7) is 1.61. The zero-order valence-corrected chi connectivity index (χ0v) is 15.9. The Balaban J connectivity index is 1.45. The van der Waals surface area contributed by atoms with Gasteiger partial charge in [0.1, 0.15) is 25.4 Å². The van der Waals surface area contributed by atoms with Crippen LogP contribution in [-0.4, -0.2) is 55.6 Å². The number of ether oxygens (including phenoxy) is 3. The average Bonchev–Trinajstić information content (AvgIpc) is 2.61. The second-order valence-electron chi connectivity index (χ2n) is 6.23. The molecular weight excluding hydrogens is 377 g/mol. The number of hydrogen-bond donors (Lipinski definition) is 1. The van der Waals surface area contributed by atoms with Crippen molar-refractivity contribution >= 4 is 23.2 Å². The average molecular weight is 398 g/mol. The molecule has 26 heavy (non-hydrogen) atoms. The number of hydrogen-bond acceptors (Lipinski definition) is 5. The lowest BCUT2D eigenvalue weighted by molar-refractivity contribution is 0.0374. The molecule has 0 amide bonds. The summed E-state index contributed by atoms with van der Waals surface area (Å²) < 4.78 is 17.2. The highest BCUT2D eigenvalue weighted by atomic mass is 35.5. The number of para-hydroxylation sites is 3. The first kappa shape index (κ1) is 19.1. The molecule has 140 valence electrons. The molecule has 2 aromatic carbocycles. The molecule has 1 aliphatic heterocycles. The van der Waals surface area contributed by atoms with Gasteiger partial charge in [-0.1, -0.05) is 41.4 Å². The number of aliphatic hydroxyl groups is 1. The van der Waals surface area contributed by atoms with Crippen LogP contribution < -0.4 is 14.2 Å². The van der Waals surface area contributed by atoms with E-state index in [4.69, 9.17) is 37.4 Å². The van der Waals surface area contributed by atoms with E-state index in [1.807, 2.05) is 36.2 Å². The van der Waals surface area contributed by atoms with E-state index in [1.165, 1.54) is 0 Å². The van der Waals surface area contributed by atoms with Crippen LogP contribution in [0.25, 0.3) is 0 Å². The Kier molecular flexibility index (Phi) is 6.48. The minimum absolute atomic E-state index is 0.0959. The summed E-state index contributed by atoms with van der Waals surface area (Å²) in [5.74, 6) is 1.89. The van der Waals surface area contributed by atoms with Crippen molar-refractivity contribution in [2.45, 2.75) is 12.2 Å². The number of fused-ring (bicyclic) bond motifs is 1. The summed E-state index contributed by atoms with van der Waals surface area (Å²) in [5.41, 5.74) is 0. The van der Waals surface area contributed by atoms with Gasteiger partial charge < -0.3 is 19.3 Å². The first-order chi connectivity index (χ1) is 12.5. The smallest absolute Gasteiger partial charge is 0.161 e. The third kappa shape index (κ3) is 4.95. The first-order valence-corrected chi connectivity index (χ1v) is 9.10. The fourth-order valence-electron chi connectivity index (χ4n) is 2.79. The summed E-state index contributed by atoms with van der Waals surface area (Å²) >= 11 is 12.1. The molecule has 2 unspecified atom stereocenters. The second kappa shape index (κ2) is 8.82. The van der Waals surface area contributed by atoms with Gasteiger partial charge in [-0.05, 0) is 31.3 Å². The highest BCUT2D eigenvalue weighted by molar-refractivity contribution is 6.37. The van der Waals surface area contributed by atoms with Crippen LogP contribution >= 0.6 is 23.2 Å². The highest BCUT2D eigenvalue weighted by Crippen LogP contribution is 2.32. The molecule has 0 saturated carbocycles. The Morgan fingerprint density at radius 3 is 2.58 bits per heavy atom. The normalized spacial score (nSPS) is 17.2. The van der Waals surface area contributed by atoms with E-state index in [-0.39, 0.29) is 12.7 Å². The zero-order valence-electron chi connectivity index (χ0n) is 14.4. The minimum atomic E-state index is -0.691. The van der Waals surface area contributed by atoms with Crippen molar-refractivity contribution in [1.82, 2.24) is 4.90 Å². The largest absolute Gasteiger partial charge is 0.488 e. The number of nitrogens with zero attached hydrogens (tertiary/aromatic N) is 1. The summed E-state index contributed by atoms with van der Waals surface area (Å²) in [6, 6.07) is 12.7. The number of likely N-dealkylation sites (N-methyl/N-ethyl adjacent to an activating group) is 1. The molecule has 2 aromatic rings. The van der Waals surface area contributed by atoms with Gasteiger partial charge in [0.2, 0.25) is 0 Å². The molecule has 1 aliphatic rings. The van der Waals surface area contributed by atoms with Crippen LogP contribution in [0.1, 0.15) is 0 Å². The van der Waals surface area contributed by atoms with Crippen molar-refractivity contribution in [2.24, 2.45) is 0 Å². The van der Waals surface area contributed by atoms with Gasteiger partial charge in [0.15, 0.2) is 17.2 Å². The molecule has 0 bridgehead atoms. The van der Waals surface area contributed by atoms with E-state index in [9.17, 15) is 5.11 Å². The predicted molar refractivity (Wildman–Crippen MR) is 102 cm³/mol. The molecule has 0 saturated heterocycles. The molecule has 0 aromatic heterocycles. The van der Waals surface area contributed by atoms with E-state index in [0.717, 1.165) is 11.5 Å². The van der Waals surface area contributed by atoms with Crippen LogP contribution in [0.15, 0.2) is 42.5 Å². The Morgan fingerprint density at radius 1 is 1.15 bits per heavy atom. The monoisotopic (exact) mass is 397 g/mol. The number of benzene rings is 2. The number of aliphatic hydroxyl groups excluding tert-OH is 1. The molecule has 1 N–H and O–H groups in total. The van der Waals surface area contributed by atoms with Crippen molar-refractivity contribution in [3.8, 4) is 17.2 Å². The molecule has 1 heterocycles. The highest BCUT2D eigenvalue weighted by Gasteiger charge is 2.23. The molecular formula is C19H21Cl2NO4. The van der Waals surface area contributed by atoms with Gasteiger partial charge in [-0.15, -0.1) is 0 Å². The fraction of sp³-hybridized carbons (Fsp3) is 0.368. The number of halogens is 2. The van der Waals surface area contributed by atoms with E-state index in [0.29, 0.717) is 35.5 Å². The van der Waals surface area contributed by atoms with Crippen LogP contribution in [0.4, 0.5) is 0 Å². The maximum Gasteiger partial charge on any atom is 0.161 e. The lowest BCUT2D eigenvalue weighted by atomic mass is 10.2. The standard InChI is InChI=1S/C19H21Cl2NO4/c1-22(10-14-12-24-17-7-2-3-8-18(17)26-14)9-13(23)11-25-19-15(20)5-4-6-16(19)21/h2-8,13-14,23H,9-12H2,1H3. The molecule has 0 radical (unpaired) electrons. The Bertz CT molecular complexity index is 723. The molecule has 7 heteroatoms. The van der Waals surface area contributed by atoms with Crippen LogP contribution in [0, 0.1) is 0 Å². The van der Waals surface area contributed by atoms with E-state index in [1.54, 1.807) is 18.2 Å². The molecule has 2 atom stereocenters. The quantitative estimate of drug-likeness (QED) is 0.774. The third-order valence-electron chi connectivity index (χ3n) is 3.94. The molecule has 5 nitrogen and oxygen atoms in total. The molecule has 3 rings (SSSR count). The van der Waals surface area contributed by atoms with Crippen LogP contribution in [0.3, 0.4) is 0 Å². The van der Waals surface area contributed by atoms with Gasteiger partial charge in [-0.25, -0.2) is 0 Å². The van der Waals surface area contributed by atoms with Crippen LogP contribution in [-0.2, 0) is 0 Å². The van der Waals surface area contributed by atoms with Crippen LogP contribution in [0.2, 0.25) is 10.0 Å². The topological polar surface area (TPSA) is 51.2 Å². The number of rotatable bonds is 7. The lowest BCUT2D eigenvalue weighted by Crippen LogP contribution is -2.42. The molecule has 0 fully saturated rings. The van der Waals surface area contributed by atoms with Gasteiger partial charge in [0.05, 0.1) is 10.0 Å². The summed E-state index contributed by atoms with van der Waals surface area (Å²) in [7, 11) is 1.91. The fourth-order valence-corrected chi connectivity index (χ4v) is 3.29. The zero-order chi connectivity index (χ0) is 18.5. The van der Waals surface area contributed by atoms with Gasteiger partial charge in [-0.2, -0.15) is 0 Å². The van der Waals surface area contributed by atoms with E-state index < -0.39 is 6.10 Å².